The molecule has 0 unspecified atom stereocenters. The van der Waals surface area contributed by atoms with Crippen LogP contribution in [0.3, 0.4) is 0 Å². The van der Waals surface area contributed by atoms with Gasteiger partial charge < -0.3 is 15.4 Å². The maximum absolute atomic E-state index is 13.5. The molecule has 1 atom stereocenters. The number of aliphatic hydroxyl groups is 1. The summed E-state index contributed by atoms with van der Waals surface area (Å²) in [4.78, 5) is 0. The first kappa shape index (κ1) is 18.3. The lowest BCUT2D eigenvalue weighted by Gasteiger charge is -2.31. The minimum absolute atomic E-state index is 0.120. The number of aromatic hydroxyl groups is 1. The van der Waals surface area contributed by atoms with Crippen LogP contribution >= 0.6 is 15.9 Å². The first-order chi connectivity index (χ1) is 11.2. The molecule has 0 saturated carbocycles. The van der Waals surface area contributed by atoms with E-state index in [2.05, 4.69) is 21.1 Å². The molecule has 0 amide bonds. The fourth-order valence-corrected chi connectivity index (χ4v) is 2.61. The Morgan fingerprint density at radius 1 is 1.08 bits per heavy atom. The minimum atomic E-state index is -5.02. The number of hydrogen-bond acceptors (Lipinski definition) is 4. The Balaban J connectivity index is 2.52. The standard InChI is InChI=1S/C16H13BrF3NO3/c17-11-6-7-14(22)12(8-11)13(21-24)9-15(23,16(18,19)20)10-4-2-1-3-5-10/h1-8,22-24H,9H2/b21-13+/t15-/m0/s1. The van der Waals surface area contributed by atoms with Crippen LogP contribution in [0, 0.1) is 0 Å². The molecule has 0 fully saturated rings. The highest BCUT2D eigenvalue weighted by Crippen LogP contribution is 2.43. The number of halogens is 4. The lowest BCUT2D eigenvalue weighted by molar-refractivity contribution is -0.263. The largest absolute Gasteiger partial charge is 0.507 e. The molecule has 0 aromatic heterocycles. The molecule has 0 bridgehead atoms. The van der Waals surface area contributed by atoms with Crippen molar-refractivity contribution >= 4 is 21.6 Å². The van der Waals surface area contributed by atoms with E-state index in [1.54, 1.807) is 0 Å². The quantitative estimate of drug-likeness (QED) is 0.407. The molecule has 4 nitrogen and oxygen atoms in total. The highest BCUT2D eigenvalue weighted by atomic mass is 79.9. The number of oxime groups is 1. The molecule has 8 heteroatoms. The molecule has 0 radical (unpaired) electrons. The molecule has 0 heterocycles. The van der Waals surface area contributed by atoms with Crippen molar-refractivity contribution in [3.8, 4) is 5.75 Å². The number of phenolic OH excluding ortho intramolecular Hbond substituents is 1. The van der Waals surface area contributed by atoms with Gasteiger partial charge >= 0.3 is 6.18 Å². The lowest BCUT2D eigenvalue weighted by atomic mass is 9.86. The van der Waals surface area contributed by atoms with Crippen molar-refractivity contribution in [3.05, 3.63) is 64.1 Å². The highest BCUT2D eigenvalue weighted by Gasteiger charge is 2.55. The predicted octanol–water partition coefficient (Wildman–Crippen LogP) is 4.17. The SMILES string of the molecule is O/N=C(\C[C@](O)(c1ccccc1)C(F)(F)F)c1cc(Br)ccc1O. The number of nitrogens with zero attached hydrogens (tertiary/aromatic N) is 1. The van der Waals surface area contributed by atoms with Crippen LogP contribution in [0.15, 0.2) is 58.2 Å². The number of phenols is 1. The summed E-state index contributed by atoms with van der Waals surface area (Å²) in [6, 6.07) is 10.5. The zero-order valence-corrected chi connectivity index (χ0v) is 13.7. The summed E-state index contributed by atoms with van der Waals surface area (Å²) in [5.74, 6) is -0.372. The third-order valence-corrected chi connectivity index (χ3v) is 4.03. The van der Waals surface area contributed by atoms with Crippen LogP contribution in [0.1, 0.15) is 17.5 Å². The zero-order chi connectivity index (χ0) is 18.0. The summed E-state index contributed by atoms with van der Waals surface area (Å²) in [6.07, 6.45) is -6.09. The summed E-state index contributed by atoms with van der Waals surface area (Å²) in [5, 5.41) is 32.2. The molecule has 3 N–H and O–H groups in total. The Bertz CT molecular complexity index is 750. The maximum Gasteiger partial charge on any atom is 0.421 e. The average Bonchev–Trinajstić information content (AvgIpc) is 2.54. The van der Waals surface area contributed by atoms with Crippen LogP contribution in [-0.4, -0.2) is 27.3 Å². The fraction of sp³-hybridized carbons (Fsp3) is 0.188. The van der Waals surface area contributed by atoms with Gasteiger partial charge in [-0.05, 0) is 23.8 Å². The predicted molar refractivity (Wildman–Crippen MR) is 85.1 cm³/mol. The Kier molecular flexibility index (Phi) is 5.19. The third-order valence-electron chi connectivity index (χ3n) is 3.53. The van der Waals surface area contributed by atoms with Crippen molar-refractivity contribution in [3.63, 3.8) is 0 Å². The van der Waals surface area contributed by atoms with Crippen LogP contribution in [0.5, 0.6) is 5.75 Å². The summed E-state index contributed by atoms with van der Waals surface area (Å²) in [7, 11) is 0. The first-order valence-corrected chi connectivity index (χ1v) is 7.53. The summed E-state index contributed by atoms with van der Waals surface area (Å²) >= 11 is 3.13. The molecule has 0 aliphatic heterocycles. The summed E-state index contributed by atoms with van der Waals surface area (Å²) in [5.41, 5.74) is -4.29. The molecule has 24 heavy (non-hydrogen) atoms. The second-order valence-corrected chi connectivity index (χ2v) is 6.02. The van der Waals surface area contributed by atoms with Gasteiger partial charge in [0.15, 0.2) is 5.60 Å². The van der Waals surface area contributed by atoms with Gasteiger partial charge in [-0.3, -0.25) is 0 Å². The molecule has 0 aliphatic rings. The summed E-state index contributed by atoms with van der Waals surface area (Å²) in [6.45, 7) is 0. The van der Waals surface area contributed by atoms with Gasteiger partial charge in [-0.1, -0.05) is 51.4 Å². The van der Waals surface area contributed by atoms with Gasteiger partial charge in [0.25, 0.3) is 0 Å². The third kappa shape index (κ3) is 3.54. The van der Waals surface area contributed by atoms with E-state index < -0.39 is 29.5 Å². The molecule has 128 valence electrons. The van der Waals surface area contributed by atoms with Gasteiger partial charge in [-0.2, -0.15) is 13.2 Å². The monoisotopic (exact) mass is 403 g/mol. The van der Waals surface area contributed by atoms with Crippen molar-refractivity contribution in [2.75, 3.05) is 0 Å². The van der Waals surface area contributed by atoms with E-state index in [1.807, 2.05) is 0 Å². The molecule has 0 saturated heterocycles. The highest BCUT2D eigenvalue weighted by molar-refractivity contribution is 9.10. The second kappa shape index (κ2) is 6.82. The van der Waals surface area contributed by atoms with Crippen LogP contribution in [-0.2, 0) is 5.60 Å². The van der Waals surface area contributed by atoms with Gasteiger partial charge in [0, 0.05) is 16.5 Å². The topological polar surface area (TPSA) is 73.1 Å². The Labute approximate surface area is 144 Å². The van der Waals surface area contributed by atoms with Crippen LogP contribution in [0.25, 0.3) is 0 Å². The van der Waals surface area contributed by atoms with Crippen molar-refractivity contribution in [1.82, 2.24) is 0 Å². The molecule has 2 aromatic rings. The number of benzene rings is 2. The van der Waals surface area contributed by atoms with Gasteiger partial charge in [0.2, 0.25) is 0 Å². The smallest absolute Gasteiger partial charge is 0.421 e. The van der Waals surface area contributed by atoms with E-state index in [0.29, 0.717) is 4.47 Å². The normalized spacial score (nSPS) is 15.1. The minimum Gasteiger partial charge on any atom is -0.507 e. The number of hydrogen-bond donors (Lipinski definition) is 3. The van der Waals surface area contributed by atoms with Gasteiger partial charge in [0.05, 0.1) is 5.71 Å². The van der Waals surface area contributed by atoms with E-state index in [0.717, 1.165) is 12.1 Å². The summed E-state index contributed by atoms with van der Waals surface area (Å²) < 4.78 is 41.0. The Morgan fingerprint density at radius 3 is 2.25 bits per heavy atom. The molecule has 2 rings (SSSR count). The van der Waals surface area contributed by atoms with E-state index in [4.69, 9.17) is 5.21 Å². The zero-order valence-electron chi connectivity index (χ0n) is 12.1. The first-order valence-electron chi connectivity index (χ1n) is 6.73. The van der Waals surface area contributed by atoms with E-state index in [-0.39, 0.29) is 11.3 Å². The molecular formula is C16H13BrF3NO3. The Hall–Kier alpha value is -2.06. The average molecular weight is 404 g/mol. The van der Waals surface area contributed by atoms with E-state index in [9.17, 15) is 23.4 Å². The number of rotatable bonds is 4. The molecular weight excluding hydrogens is 391 g/mol. The molecule has 0 aliphatic carbocycles. The van der Waals surface area contributed by atoms with Gasteiger partial charge in [-0.15, -0.1) is 0 Å². The fourth-order valence-electron chi connectivity index (χ4n) is 2.25. The van der Waals surface area contributed by atoms with Crippen molar-refractivity contribution in [2.45, 2.75) is 18.2 Å². The van der Waals surface area contributed by atoms with Crippen LogP contribution < -0.4 is 0 Å². The maximum atomic E-state index is 13.5. The van der Waals surface area contributed by atoms with Crippen molar-refractivity contribution in [1.29, 1.82) is 0 Å². The molecule has 2 aromatic carbocycles. The van der Waals surface area contributed by atoms with Crippen molar-refractivity contribution < 1.29 is 28.6 Å². The van der Waals surface area contributed by atoms with Crippen LogP contribution in [0.2, 0.25) is 0 Å². The Morgan fingerprint density at radius 2 is 1.71 bits per heavy atom. The number of alkyl halides is 3. The van der Waals surface area contributed by atoms with Crippen LogP contribution in [0.4, 0.5) is 13.2 Å². The van der Waals surface area contributed by atoms with E-state index in [1.165, 1.54) is 36.4 Å². The van der Waals surface area contributed by atoms with Crippen molar-refractivity contribution in [2.24, 2.45) is 5.16 Å². The van der Waals surface area contributed by atoms with E-state index >= 15 is 0 Å². The second-order valence-electron chi connectivity index (χ2n) is 5.11. The van der Waals surface area contributed by atoms with Gasteiger partial charge in [-0.25, -0.2) is 0 Å². The molecule has 0 spiro atoms. The van der Waals surface area contributed by atoms with Gasteiger partial charge in [0.1, 0.15) is 5.75 Å². The lowest BCUT2D eigenvalue weighted by Crippen LogP contribution is -2.44.